The number of benzene rings is 2. The molecule has 1 N–H and O–H groups in total. The van der Waals surface area contributed by atoms with Crippen molar-refractivity contribution >= 4 is 43.8 Å². The Balaban J connectivity index is 1.72. The normalized spacial score (nSPS) is 10.7. The van der Waals surface area contributed by atoms with Gasteiger partial charge in [0, 0.05) is 16.0 Å². The molecule has 0 saturated carbocycles. The Bertz CT molecular complexity index is 1160. The van der Waals surface area contributed by atoms with Crippen LogP contribution in [-0.2, 0) is 0 Å². The minimum atomic E-state index is -0.192. The predicted molar refractivity (Wildman–Crippen MR) is 112 cm³/mol. The maximum Gasteiger partial charge on any atom is 0.256 e. The van der Waals surface area contributed by atoms with Crippen molar-refractivity contribution < 1.29 is 4.79 Å². The first kappa shape index (κ1) is 17.4. The summed E-state index contributed by atoms with van der Waals surface area (Å²) in [5.41, 5.74) is 4.14. The Kier molecular flexibility index (Phi) is 4.48. The van der Waals surface area contributed by atoms with Crippen LogP contribution in [0.15, 0.2) is 48.5 Å². The molecule has 4 aromatic rings. The number of amides is 1. The Morgan fingerprint density at radius 1 is 1.07 bits per heavy atom. The van der Waals surface area contributed by atoms with Gasteiger partial charge in [0.05, 0.1) is 21.8 Å². The molecule has 2 aromatic heterocycles. The van der Waals surface area contributed by atoms with E-state index in [0.29, 0.717) is 11.1 Å². The zero-order valence-electron chi connectivity index (χ0n) is 14.7. The van der Waals surface area contributed by atoms with Gasteiger partial charge in [-0.1, -0.05) is 12.1 Å². The molecule has 0 aliphatic carbocycles. The Morgan fingerprint density at radius 3 is 2.52 bits per heavy atom. The van der Waals surface area contributed by atoms with Crippen molar-refractivity contribution in [3.05, 3.63) is 70.1 Å². The van der Waals surface area contributed by atoms with Crippen LogP contribution in [-0.4, -0.2) is 10.9 Å². The van der Waals surface area contributed by atoms with E-state index in [-0.39, 0.29) is 5.91 Å². The number of nitriles is 1. The molecule has 0 saturated heterocycles. The van der Waals surface area contributed by atoms with Gasteiger partial charge in [-0.15, -0.1) is 22.7 Å². The van der Waals surface area contributed by atoms with Crippen molar-refractivity contribution in [3.8, 4) is 16.6 Å². The van der Waals surface area contributed by atoms with E-state index in [1.807, 2.05) is 25.1 Å². The minimum absolute atomic E-state index is 0.192. The molecule has 0 fully saturated rings. The summed E-state index contributed by atoms with van der Waals surface area (Å²) in [6, 6.07) is 16.7. The number of aryl methyl sites for hydroxylation is 1. The molecule has 132 valence electrons. The summed E-state index contributed by atoms with van der Waals surface area (Å²) >= 11 is 3.19. The van der Waals surface area contributed by atoms with E-state index in [2.05, 4.69) is 24.4 Å². The summed E-state index contributed by atoms with van der Waals surface area (Å²) in [6.07, 6.45) is 0. The van der Waals surface area contributed by atoms with Gasteiger partial charge >= 0.3 is 0 Å². The number of aromatic nitrogens is 1. The lowest BCUT2D eigenvalue weighted by Gasteiger charge is -2.06. The summed E-state index contributed by atoms with van der Waals surface area (Å²) in [7, 11) is 0. The van der Waals surface area contributed by atoms with Crippen LogP contribution in [0.1, 0.15) is 26.4 Å². The van der Waals surface area contributed by atoms with Crippen LogP contribution >= 0.6 is 22.7 Å². The molecule has 0 aliphatic rings. The van der Waals surface area contributed by atoms with Crippen LogP contribution < -0.4 is 5.32 Å². The zero-order chi connectivity index (χ0) is 19.0. The molecule has 0 spiro atoms. The highest BCUT2D eigenvalue weighted by atomic mass is 32.1. The molecule has 2 aromatic carbocycles. The molecule has 27 heavy (non-hydrogen) atoms. The molecule has 0 atom stereocenters. The van der Waals surface area contributed by atoms with Gasteiger partial charge in [0.1, 0.15) is 10.0 Å². The zero-order valence-corrected chi connectivity index (χ0v) is 16.4. The van der Waals surface area contributed by atoms with Crippen molar-refractivity contribution in [2.75, 3.05) is 5.32 Å². The second-order valence-electron chi connectivity index (χ2n) is 6.12. The highest BCUT2D eigenvalue weighted by Crippen LogP contribution is 2.43. The van der Waals surface area contributed by atoms with Crippen LogP contribution in [0.4, 0.5) is 5.00 Å². The maximum absolute atomic E-state index is 12.7. The molecule has 4 nitrogen and oxygen atoms in total. The van der Waals surface area contributed by atoms with E-state index in [0.717, 1.165) is 36.2 Å². The Labute approximate surface area is 164 Å². The molecule has 4 rings (SSSR count). The van der Waals surface area contributed by atoms with Crippen LogP contribution in [0.25, 0.3) is 20.8 Å². The molecular formula is C21H15N3OS2. The van der Waals surface area contributed by atoms with Gasteiger partial charge in [-0.05, 0) is 55.8 Å². The van der Waals surface area contributed by atoms with Gasteiger partial charge in [0.25, 0.3) is 5.91 Å². The first-order valence-electron chi connectivity index (χ1n) is 8.34. The molecule has 6 heteroatoms. The SMILES string of the molecule is Cc1sc(NC(=O)c2ccc(C#N)cc2)c(-c2nc3ccccc3s2)c1C. The van der Waals surface area contributed by atoms with E-state index >= 15 is 0 Å². The molecular weight excluding hydrogens is 374 g/mol. The third kappa shape index (κ3) is 3.23. The van der Waals surface area contributed by atoms with Gasteiger partial charge in [-0.2, -0.15) is 5.26 Å². The fourth-order valence-corrected chi connectivity index (χ4v) is 5.02. The van der Waals surface area contributed by atoms with Crippen molar-refractivity contribution in [3.63, 3.8) is 0 Å². The number of thiazole rings is 1. The molecule has 0 bridgehead atoms. The van der Waals surface area contributed by atoms with Gasteiger partial charge in [0.2, 0.25) is 0 Å². The largest absolute Gasteiger partial charge is 0.313 e. The van der Waals surface area contributed by atoms with E-state index in [1.165, 1.54) is 0 Å². The number of fused-ring (bicyclic) bond motifs is 1. The highest BCUT2D eigenvalue weighted by Gasteiger charge is 2.20. The number of thiophene rings is 1. The summed E-state index contributed by atoms with van der Waals surface area (Å²) in [5.74, 6) is -0.192. The standard InChI is InChI=1S/C21H15N3OS2/c1-12-13(2)26-21(24-19(25)15-9-7-14(11-22)8-10-15)18(12)20-23-16-5-3-4-6-17(16)27-20/h3-10H,1-2H3,(H,24,25). The first-order valence-corrected chi connectivity index (χ1v) is 9.97. The fraction of sp³-hybridized carbons (Fsp3) is 0.0952. The summed E-state index contributed by atoms with van der Waals surface area (Å²) in [6.45, 7) is 4.11. The fourth-order valence-electron chi connectivity index (χ4n) is 2.82. The van der Waals surface area contributed by atoms with Crippen molar-refractivity contribution in [1.82, 2.24) is 4.98 Å². The third-order valence-electron chi connectivity index (χ3n) is 4.40. The van der Waals surface area contributed by atoms with Crippen LogP contribution in [0.2, 0.25) is 0 Å². The number of anilines is 1. The van der Waals surface area contributed by atoms with Gasteiger partial charge in [0.15, 0.2) is 0 Å². The van der Waals surface area contributed by atoms with Crippen LogP contribution in [0, 0.1) is 25.2 Å². The number of rotatable bonds is 3. The van der Waals surface area contributed by atoms with Gasteiger partial charge in [-0.3, -0.25) is 4.79 Å². The first-order chi connectivity index (χ1) is 13.1. The molecule has 0 radical (unpaired) electrons. The van der Waals surface area contributed by atoms with E-state index in [9.17, 15) is 4.79 Å². The molecule has 2 heterocycles. The van der Waals surface area contributed by atoms with E-state index < -0.39 is 0 Å². The topological polar surface area (TPSA) is 65.8 Å². The lowest BCUT2D eigenvalue weighted by atomic mass is 10.1. The molecule has 1 amide bonds. The monoisotopic (exact) mass is 389 g/mol. The average Bonchev–Trinajstić information content (AvgIpc) is 3.22. The number of carbonyl (C=O) groups is 1. The van der Waals surface area contributed by atoms with Gasteiger partial charge < -0.3 is 5.32 Å². The number of hydrogen-bond acceptors (Lipinski definition) is 5. The summed E-state index contributed by atoms with van der Waals surface area (Å²) in [4.78, 5) is 18.6. The number of nitrogens with zero attached hydrogens (tertiary/aromatic N) is 2. The predicted octanol–water partition coefficient (Wildman–Crippen LogP) is 5.77. The van der Waals surface area contributed by atoms with Gasteiger partial charge in [-0.25, -0.2) is 4.98 Å². The second-order valence-corrected chi connectivity index (χ2v) is 8.37. The summed E-state index contributed by atoms with van der Waals surface area (Å²) in [5, 5.41) is 13.6. The Morgan fingerprint density at radius 2 is 1.81 bits per heavy atom. The molecule has 0 aliphatic heterocycles. The number of hydrogen-bond donors (Lipinski definition) is 1. The Hall–Kier alpha value is -3.01. The van der Waals surface area contributed by atoms with Crippen molar-refractivity contribution in [2.24, 2.45) is 0 Å². The number of nitrogens with one attached hydrogen (secondary N) is 1. The lowest BCUT2D eigenvalue weighted by molar-refractivity contribution is 0.102. The van der Waals surface area contributed by atoms with E-state index in [4.69, 9.17) is 10.2 Å². The van der Waals surface area contributed by atoms with Crippen molar-refractivity contribution in [2.45, 2.75) is 13.8 Å². The van der Waals surface area contributed by atoms with Crippen molar-refractivity contribution in [1.29, 1.82) is 5.26 Å². The quantitative estimate of drug-likeness (QED) is 0.484. The molecule has 0 unspecified atom stereocenters. The minimum Gasteiger partial charge on any atom is -0.313 e. The van der Waals surface area contributed by atoms with E-state index in [1.54, 1.807) is 46.9 Å². The average molecular weight is 390 g/mol. The van der Waals surface area contributed by atoms with Crippen LogP contribution in [0.3, 0.4) is 0 Å². The number of para-hydroxylation sites is 1. The number of carbonyl (C=O) groups excluding carboxylic acids is 1. The summed E-state index contributed by atoms with van der Waals surface area (Å²) < 4.78 is 1.13. The maximum atomic E-state index is 12.7. The second kappa shape index (κ2) is 6.95. The van der Waals surface area contributed by atoms with Crippen LogP contribution in [0.5, 0.6) is 0 Å². The smallest absolute Gasteiger partial charge is 0.256 e. The third-order valence-corrected chi connectivity index (χ3v) is 6.57. The lowest BCUT2D eigenvalue weighted by Crippen LogP contribution is -2.11. The highest BCUT2D eigenvalue weighted by molar-refractivity contribution is 7.22.